The summed E-state index contributed by atoms with van der Waals surface area (Å²) in [5.41, 5.74) is 10.2. The van der Waals surface area contributed by atoms with Crippen LogP contribution in [0.1, 0.15) is 28.8 Å². The number of hydrogen-bond donors (Lipinski definition) is 1. The number of aryl methyl sites for hydroxylation is 2. The van der Waals surface area contributed by atoms with Crippen molar-refractivity contribution in [2.75, 3.05) is 0 Å². The SMILES string of the molecule is Cc1ccc2cc(C(N)c3ccnc(C)n3)ccc2n1. The Morgan fingerprint density at radius 3 is 2.65 bits per heavy atom. The van der Waals surface area contributed by atoms with E-state index in [1.807, 2.05) is 38.1 Å². The number of nitrogens with zero attached hydrogens (tertiary/aromatic N) is 3. The monoisotopic (exact) mass is 264 g/mol. The highest BCUT2D eigenvalue weighted by Gasteiger charge is 2.11. The Labute approximate surface area is 117 Å². The molecule has 3 aromatic rings. The standard InChI is InChI=1S/C16H16N4/c1-10-3-4-12-9-13(5-6-14(12)19-10)16(17)15-7-8-18-11(2)20-15/h3-9,16H,17H2,1-2H3. The van der Waals surface area contributed by atoms with Gasteiger partial charge in [0.1, 0.15) is 5.82 Å². The molecule has 4 nitrogen and oxygen atoms in total. The zero-order valence-corrected chi connectivity index (χ0v) is 11.5. The van der Waals surface area contributed by atoms with Crippen molar-refractivity contribution in [3.05, 3.63) is 65.4 Å². The Kier molecular flexibility index (Phi) is 3.16. The van der Waals surface area contributed by atoms with Gasteiger partial charge in [-0.25, -0.2) is 9.97 Å². The second-order valence-corrected chi connectivity index (χ2v) is 4.91. The van der Waals surface area contributed by atoms with Crippen molar-refractivity contribution in [1.82, 2.24) is 15.0 Å². The lowest BCUT2D eigenvalue weighted by Gasteiger charge is -2.12. The summed E-state index contributed by atoms with van der Waals surface area (Å²) in [5.74, 6) is 0.732. The quantitative estimate of drug-likeness (QED) is 0.773. The summed E-state index contributed by atoms with van der Waals surface area (Å²) in [6.45, 7) is 3.85. The van der Waals surface area contributed by atoms with Crippen LogP contribution in [0, 0.1) is 13.8 Å². The van der Waals surface area contributed by atoms with Crippen LogP contribution >= 0.6 is 0 Å². The summed E-state index contributed by atoms with van der Waals surface area (Å²) in [4.78, 5) is 13.0. The van der Waals surface area contributed by atoms with Crippen molar-refractivity contribution >= 4 is 10.9 Å². The Morgan fingerprint density at radius 1 is 1.00 bits per heavy atom. The fraction of sp³-hybridized carbons (Fsp3) is 0.188. The maximum Gasteiger partial charge on any atom is 0.125 e. The lowest BCUT2D eigenvalue weighted by atomic mass is 10.0. The first kappa shape index (κ1) is 12.7. The summed E-state index contributed by atoms with van der Waals surface area (Å²) in [6.07, 6.45) is 1.74. The Morgan fingerprint density at radius 2 is 1.85 bits per heavy atom. The van der Waals surface area contributed by atoms with E-state index in [1.165, 1.54) is 0 Å². The Balaban J connectivity index is 2.03. The van der Waals surface area contributed by atoms with Gasteiger partial charge in [-0.2, -0.15) is 0 Å². The maximum atomic E-state index is 6.30. The molecule has 1 unspecified atom stereocenters. The minimum absolute atomic E-state index is 0.248. The first-order chi connectivity index (χ1) is 9.63. The molecule has 100 valence electrons. The van der Waals surface area contributed by atoms with Crippen LogP contribution in [-0.2, 0) is 0 Å². The highest BCUT2D eigenvalue weighted by Crippen LogP contribution is 2.22. The van der Waals surface area contributed by atoms with Crippen LogP contribution in [0.2, 0.25) is 0 Å². The van der Waals surface area contributed by atoms with Gasteiger partial charge in [-0.05, 0) is 43.7 Å². The third-order valence-corrected chi connectivity index (χ3v) is 3.33. The highest BCUT2D eigenvalue weighted by atomic mass is 14.9. The van der Waals surface area contributed by atoms with Gasteiger partial charge in [0.15, 0.2) is 0 Å². The van der Waals surface area contributed by atoms with Crippen molar-refractivity contribution in [2.45, 2.75) is 19.9 Å². The van der Waals surface area contributed by atoms with E-state index in [0.717, 1.165) is 33.7 Å². The highest BCUT2D eigenvalue weighted by molar-refractivity contribution is 5.79. The van der Waals surface area contributed by atoms with Crippen molar-refractivity contribution < 1.29 is 0 Å². The van der Waals surface area contributed by atoms with E-state index in [0.29, 0.717) is 0 Å². The van der Waals surface area contributed by atoms with Gasteiger partial charge in [0, 0.05) is 17.3 Å². The van der Waals surface area contributed by atoms with E-state index in [9.17, 15) is 0 Å². The lowest BCUT2D eigenvalue weighted by molar-refractivity contribution is 0.808. The summed E-state index contributed by atoms with van der Waals surface area (Å²) < 4.78 is 0. The maximum absolute atomic E-state index is 6.30. The summed E-state index contributed by atoms with van der Waals surface area (Å²) in [7, 11) is 0. The predicted octanol–water partition coefficient (Wildman–Crippen LogP) is 2.69. The number of nitrogens with two attached hydrogens (primary N) is 1. The Hall–Kier alpha value is -2.33. The van der Waals surface area contributed by atoms with Gasteiger partial charge in [0.05, 0.1) is 17.3 Å². The minimum Gasteiger partial charge on any atom is -0.319 e. The molecule has 1 atom stereocenters. The van der Waals surface area contributed by atoms with Crippen LogP contribution in [-0.4, -0.2) is 15.0 Å². The second kappa shape index (κ2) is 4.98. The van der Waals surface area contributed by atoms with Gasteiger partial charge in [-0.15, -0.1) is 0 Å². The van der Waals surface area contributed by atoms with Crippen LogP contribution < -0.4 is 5.73 Å². The van der Waals surface area contributed by atoms with Crippen LogP contribution in [0.4, 0.5) is 0 Å². The smallest absolute Gasteiger partial charge is 0.125 e. The van der Waals surface area contributed by atoms with E-state index < -0.39 is 0 Å². The molecule has 20 heavy (non-hydrogen) atoms. The molecule has 0 fully saturated rings. The molecule has 0 radical (unpaired) electrons. The molecule has 0 saturated heterocycles. The van der Waals surface area contributed by atoms with E-state index in [2.05, 4.69) is 27.1 Å². The summed E-state index contributed by atoms with van der Waals surface area (Å²) >= 11 is 0. The molecule has 2 heterocycles. The fourth-order valence-corrected chi connectivity index (χ4v) is 2.26. The first-order valence-electron chi connectivity index (χ1n) is 6.56. The van der Waals surface area contributed by atoms with Gasteiger partial charge in [-0.3, -0.25) is 4.98 Å². The molecule has 0 spiro atoms. The third-order valence-electron chi connectivity index (χ3n) is 3.33. The van der Waals surface area contributed by atoms with E-state index >= 15 is 0 Å². The van der Waals surface area contributed by atoms with Crippen molar-refractivity contribution in [2.24, 2.45) is 5.73 Å². The molecule has 0 saturated carbocycles. The van der Waals surface area contributed by atoms with Crippen molar-refractivity contribution in [3.63, 3.8) is 0 Å². The normalized spacial score (nSPS) is 12.6. The fourth-order valence-electron chi connectivity index (χ4n) is 2.26. The zero-order chi connectivity index (χ0) is 14.1. The average Bonchev–Trinajstić information content (AvgIpc) is 2.46. The zero-order valence-electron chi connectivity index (χ0n) is 11.5. The first-order valence-corrected chi connectivity index (χ1v) is 6.56. The average molecular weight is 264 g/mol. The van der Waals surface area contributed by atoms with Gasteiger partial charge in [0.25, 0.3) is 0 Å². The molecule has 2 N–H and O–H groups in total. The van der Waals surface area contributed by atoms with Crippen LogP contribution in [0.25, 0.3) is 10.9 Å². The third kappa shape index (κ3) is 2.38. The number of hydrogen-bond acceptors (Lipinski definition) is 4. The van der Waals surface area contributed by atoms with Gasteiger partial charge < -0.3 is 5.73 Å². The molecule has 0 aliphatic carbocycles. The van der Waals surface area contributed by atoms with E-state index in [1.54, 1.807) is 6.20 Å². The second-order valence-electron chi connectivity index (χ2n) is 4.91. The lowest BCUT2D eigenvalue weighted by Crippen LogP contribution is -2.14. The molecule has 1 aromatic carbocycles. The van der Waals surface area contributed by atoms with E-state index in [4.69, 9.17) is 5.73 Å². The molecule has 2 aromatic heterocycles. The molecular formula is C16H16N4. The molecule has 0 aliphatic rings. The van der Waals surface area contributed by atoms with Gasteiger partial charge >= 0.3 is 0 Å². The topological polar surface area (TPSA) is 64.7 Å². The Bertz CT molecular complexity index is 767. The number of fused-ring (bicyclic) bond motifs is 1. The number of rotatable bonds is 2. The molecule has 0 amide bonds. The summed E-state index contributed by atoms with van der Waals surface area (Å²) in [5, 5.41) is 1.09. The van der Waals surface area contributed by atoms with Crippen LogP contribution in [0.3, 0.4) is 0 Å². The largest absolute Gasteiger partial charge is 0.319 e. The van der Waals surface area contributed by atoms with Gasteiger partial charge in [-0.1, -0.05) is 12.1 Å². The van der Waals surface area contributed by atoms with E-state index in [-0.39, 0.29) is 6.04 Å². The minimum atomic E-state index is -0.248. The number of aromatic nitrogens is 3. The molecule has 4 heteroatoms. The molecule has 0 aliphatic heterocycles. The number of pyridine rings is 1. The van der Waals surface area contributed by atoms with Crippen molar-refractivity contribution in [1.29, 1.82) is 0 Å². The molecule has 3 rings (SSSR count). The summed E-state index contributed by atoms with van der Waals surface area (Å²) in [6, 6.07) is 11.8. The van der Waals surface area contributed by atoms with Crippen LogP contribution in [0.15, 0.2) is 42.6 Å². The molecule has 0 bridgehead atoms. The van der Waals surface area contributed by atoms with Crippen LogP contribution in [0.5, 0.6) is 0 Å². The predicted molar refractivity (Wildman–Crippen MR) is 79.3 cm³/mol. The molecular weight excluding hydrogens is 248 g/mol. The number of benzene rings is 1. The van der Waals surface area contributed by atoms with Gasteiger partial charge in [0.2, 0.25) is 0 Å². The van der Waals surface area contributed by atoms with Crippen molar-refractivity contribution in [3.8, 4) is 0 Å².